The van der Waals surface area contributed by atoms with Crippen LogP contribution in [-0.4, -0.2) is 40.9 Å². The number of hydrogen-bond acceptors (Lipinski definition) is 7. The fourth-order valence-corrected chi connectivity index (χ4v) is 4.67. The molecule has 138 valence electrons. The van der Waals surface area contributed by atoms with Crippen molar-refractivity contribution in [2.75, 3.05) is 13.1 Å². The zero-order valence-electron chi connectivity index (χ0n) is 13.9. The molecule has 4 rings (SSSR count). The van der Waals surface area contributed by atoms with Crippen LogP contribution < -0.4 is 0 Å². The summed E-state index contributed by atoms with van der Waals surface area (Å²) >= 11 is 0. The summed E-state index contributed by atoms with van der Waals surface area (Å²) in [6.45, 7) is 0.633. The van der Waals surface area contributed by atoms with Crippen LogP contribution in [0.1, 0.15) is 49.3 Å². The highest BCUT2D eigenvalue weighted by Gasteiger charge is 2.34. The van der Waals surface area contributed by atoms with Crippen LogP contribution in [0, 0.1) is 10.1 Å². The number of aromatic nitrogens is 2. The van der Waals surface area contributed by atoms with Gasteiger partial charge in [0.15, 0.2) is 0 Å². The van der Waals surface area contributed by atoms with Crippen LogP contribution in [0.25, 0.3) is 0 Å². The van der Waals surface area contributed by atoms with Crippen LogP contribution in [0.5, 0.6) is 0 Å². The second kappa shape index (κ2) is 6.44. The molecule has 1 aromatic carbocycles. The lowest BCUT2D eigenvalue weighted by Gasteiger charge is -2.29. The summed E-state index contributed by atoms with van der Waals surface area (Å²) < 4.78 is 32.6. The van der Waals surface area contributed by atoms with Gasteiger partial charge < -0.3 is 4.42 Å². The minimum atomic E-state index is -3.76. The fraction of sp³-hybridized carbons (Fsp3) is 0.500. The van der Waals surface area contributed by atoms with Crippen LogP contribution in [-0.2, 0) is 10.0 Å². The Kier molecular flexibility index (Phi) is 4.23. The molecule has 1 saturated heterocycles. The Bertz CT molecular complexity index is 930. The fourth-order valence-electron chi connectivity index (χ4n) is 3.16. The molecular weight excluding hydrogens is 360 g/mol. The molecule has 2 aliphatic rings. The molecule has 2 heterocycles. The van der Waals surface area contributed by atoms with Gasteiger partial charge in [0, 0.05) is 37.1 Å². The van der Waals surface area contributed by atoms with Gasteiger partial charge in [-0.05, 0) is 31.7 Å². The van der Waals surface area contributed by atoms with Gasteiger partial charge in [0.05, 0.1) is 9.82 Å². The first-order valence-corrected chi connectivity index (χ1v) is 9.97. The summed E-state index contributed by atoms with van der Waals surface area (Å²) in [4.78, 5) is 10.2. The molecule has 0 atom stereocenters. The molecule has 26 heavy (non-hydrogen) atoms. The molecule has 1 aromatic heterocycles. The van der Waals surface area contributed by atoms with E-state index in [9.17, 15) is 18.5 Å². The van der Waals surface area contributed by atoms with E-state index in [1.54, 1.807) is 0 Å². The first-order chi connectivity index (χ1) is 12.4. The number of nitro benzene ring substituents is 1. The number of hydrogen-bond donors (Lipinski definition) is 0. The van der Waals surface area contributed by atoms with Gasteiger partial charge in [-0.1, -0.05) is 6.07 Å². The maximum absolute atomic E-state index is 12.8. The Labute approximate surface area is 150 Å². The van der Waals surface area contributed by atoms with Crippen molar-refractivity contribution < 1.29 is 17.8 Å². The van der Waals surface area contributed by atoms with Gasteiger partial charge in [0.1, 0.15) is 0 Å². The van der Waals surface area contributed by atoms with Crippen LogP contribution in [0.15, 0.2) is 33.6 Å². The monoisotopic (exact) mass is 378 g/mol. The number of sulfonamides is 1. The number of benzene rings is 1. The molecule has 1 aliphatic heterocycles. The molecule has 0 bridgehead atoms. The van der Waals surface area contributed by atoms with E-state index in [2.05, 4.69) is 10.2 Å². The van der Waals surface area contributed by atoms with Gasteiger partial charge in [-0.25, -0.2) is 8.42 Å². The lowest BCUT2D eigenvalue weighted by molar-refractivity contribution is -0.385. The summed E-state index contributed by atoms with van der Waals surface area (Å²) in [5, 5.41) is 19.1. The molecule has 2 aromatic rings. The number of non-ortho nitro benzene ring substituents is 1. The molecule has 1 aliphatic carbocycles. The summed E-state index contributed by atoms with van der Waals surface area (Å²) in [5.41, 5.74) is -0.237. The second-order valence-corrected chi connectivity index (χ2v) is 8.62. The lowest BCUT2D eigenvalue weighted by atomic mass is 9.98. The van der Waals surface area contributed by atoms with E-state index in [-0.39, 0.29) is 16.5 Å². The highest BCUT2D eigenvalue weighted by molar-refractivity contribution is 7.89. The first kappa shape index (κ1) is 17.1. The predicted molar refractivity (Wildman–Crippen MR) is 90.1 cm³/mol. The summed E-state index contributed by atoms with van der Waals surface area (Å²) in [7, 11) is -3.76. The van der Waals surface area contributed by atoms with E-state index >= 15 is 0 Å². The zero-order chi connectivity index (χ0) is 18.3. The van der Waals surface area contributed by atoms with Crippen molar-refractivity contribution in [1.82, 2.24) is 14.5 Å². The van der Waals surface area contributed by atoms with Crippen molar-refractivity contribution in [3.63, 3.8) is 0 Å². The van der Waals surface area contributed by atoms with E-state index in [1.165, 1.54) is 22.5 Å². The van der Waals surface area contributed by atoms with Crippen LogP contribution in [0.2, 0.25) is 0 Å². The third kappa shape index (κ3) is 3.21. The molecule has 0 N–H and O–H groups in total. The molecule has 10 heteroatoms. The SMILES string of the molecule is O=[N+]([O-])c1cccc(S(=O)(=O)N2CCC(c3nnc(C4CC4)o3)CC2)c1. The smallest absolute Gasteiger partial charge is 0.270 e. The molecule has 0 amide bonds. The van der Waals surface area contributed by atoms with Gasteiger partial charge in [-0.3, -0.25) is 10.1 Å². The molecule has 0 spiro atoms. The van der Waals surface area contributed by atoms with Crippen LogP contribution in [0.4, 0.5) is 5.69 Å². The van der Waals surface area contributed by atoms with Crippen LogP contribution in [0.3, 0.4) is 0 Å². The Balaban J connectivity index is 1.46. The largest absolute Gasteiger partial charge is 0.425 e. The first-order valence-electron chi connectivity index (χ1n) is 8.53. The summed E-state index contributed by atoms with van der Waals surface area (Å²) in [5.74, 6) is 1.71. The van der Waals surface area contributed by atoms with Crippen LogP contribution >= 0.6 is 0 Å². The Morgan fingerprint density at radius 3 is 2.27 bits per heavy atom. The Morgan fingerprint density at radius 2 is 1.69 bits per heavy atom. The Hall–Kier alpha value is -2.33. The molecule has 1 saturated carbocycles. The molecular formula is C16H18N4O5S. The van der Waals surface area contributed by atoms with E-state index in [0.717, 1.165) is 18.9 Å². The summed E-state index contributed by atoms with van der Waals surface area (Å²) in [6.07, 6.45) is 3.34. The van der Waals surface area contributed by atoms with Crippen molar-refractivity contribution in [2.45, 2.75) is 42.4 Å². The molecule has 9 nitrogen and oxygen atoms in total. The van der Waals surface area contributed by atoms with Crippen molar-refractivity contribution in [3.8, 4) is 0 Å². The van der Waals surface area contributed by atoms with Gasteiger partial charge in [0.25, 0.3) is 5.69 Å². The quantitative estimate of drug-likeness (QED) is 0.579. The van der Waals surface area contributed by atoms with E-state index < -0.39 is 14.9 Å². The predicted octanol–water partition coefficient (Wildman–Crippen LogP) is 2.42. The standard InChI is InChI=1S/C16H18N4O5S/c21-20(22)13-2-1-3-14(10-13)26(23,24)19-8-6-12(7-9-19)16-18-17-15(25-16)11-4-5-11/h1-3,10-12H,4-9H2. The average molecular weight is 378 g/mol. The van der Waals surface area contributed by atoms with E-state index in [0.29, 0.717) is 43.6 Å². The normalized spacial score (nSPS) is 19.5. The minimum absolute atomic E-state index is 0.0477. The Morgan fingerprint density at radius 1 is 1.08 bits per heavy atom. The van der Waals surface area contributed by atoms with Gasteiger partial charge in [-0.2, -0.15) is 4.31 Å². The third-order valence-corrected chi connectivity index (χ3v) is 6.75. The highest BCUT2D eigenvalue weighted by atomic mass is 32.2. The highest BCUT2D eigenvalue weighted by Crippen LogP contribution is 2.40. The third-order valence-electron chi connectivity index (χ3n) is 4.85. The van der Waals surface area contributed by atoms with Gasteiger partial charge in [0.2, 0.25) is 21.8 Å². The average Bonchev–Trinajstić information content (AvgIpc) is 3.39. The zero-order valence-corrected chi connectivity index (χ0v) is 14.8. The number of rotatable bonds is 5. The maximum atomic E-state index is 12.8. The minimum Gasteiger partial charge on any atom is -0.425 e. The van der Waals surface area contributed by atoms with E-state index in [4.69, 9.17) is 4.42 Å². The second-order valence-electron chi connectivity index (χ2n) is 6.69. The topological polar surface area (TPSA) is 119 Å². The number of piperidine rings is 1. The summed E-state index contributed by atoms with van der Waals surface area (Å²) in [6, 6.07) is 5.14. The molecule has 2 fully saturated rings. The maximum Gasteiger partial charge on any atom is 0.270 e. The number of nitrogens with zero attached hydrogens (tertiary/aromatic N) is 4. The van der Waals surface area contributed by atoms with E-state index in [1.807, 2.05) is 0 Å². The van der Waals surface area contributed by atoms with Gasteiger partial charge in [-0.15, -0.1) is 10.2 Å². The van der Waals surface area contributed by atoms with Crippen molar-refractivity contribution in [2.24, 2.45) is 0 Å². The lowest BCUT2D eigenvalue weighted by Crippen LogP contribution is -2.38. The van der Waals surface area contributed by atoms with Crippen molar-refractivity contribution in [1.29, 1.82) is 0 Å². The molecule has 0 unspecified atom stereocenters. The number of nitro groups is 1. The van der Waals surface area contributed by atoms with Crippen molar-refractivity contribution >= 4 is 15.7 Å². The van der Waals surface area contributed by atoms with Crippen molar-refractivity contribution in [3.05, 3.63) is 46.2 Å². The molecule has 0 radical (unpaired) electrons. The van der Waals surface area contributed by atoms with Gasteiger partial charge >= 0.3 is 0 Å².